The summed E-state index contributed by atoms with van der Waals surface area (Å²) in [4.78, 5) is 26.9. The number of nitrogens with one attached hydrogen (secondary N) is 1. The minimum atomic E-state index is -1.24. The second kappa shape index (κ2) is 8.13. The molecule has 6 nitrogen and oxygen atoms in total. The van der Waals surface area contributed by atoms with Gasteiger partial charge in [-0.2, -0.15) is 0 Å². The maximum absolute atomic E-state index is 13.8. The van der Waals surface area contributed by atoms with E-state index in [2.05, 4.69) is 5.32 Å². The summed E-state index contributed by atoms with van der Waals surface area (Å²) >= 11 is 0. The predicted octanol–water partition coefficient (Wildman–Crippen LogP) is 3.49. The summed E-state index contributed by atoms with van der Waals surface area (Å²) in [7, 11) is 0. The number of amides is 2. The summed E-state index contributed by atoms with van der Waals surface area (Å²) in [6.45, 7) is 1.14. The lowest BCUT2D eigenvalue weighted by molar-refractivity contribution is -0.141. The third kappa shape index (κ3) is 3.74. The van der Waals surface area contributed by atoms with Crippen LogP contribution < -0.4 is 5.32 Å². The molecule has 2 atom stereocenters. The van der Waals surface area contributed by atoms with Gasteiger partial charge in [0.05, 0.1) is 17.6 Å². The molecule has 1 aliphatic carbocycles. The van der Waals surface area contributed by atoms with Crippen molar-refractivity contribution in [3.63, 3.8) is 0 Å². The Morgan fingerprint density at radius 2 is 1.79 bits per heavy atom. The van der Waals surface area contributed by atoms with Gasteiger partial charge in [0, 0.05) is 6.54 Å². The van der Waals surface area contributed by atoms with Crippen molar-refractivity contribution in [1.82, 2.24) is 10.2 Å². The van der Waals surface area contributed by atoms with Gasteiger partial charge in [0.2, 0.25) is 5.91 Å². The van der Waals surface area contributed by atoms with E-state index in [1.807, 2.05) is 42.5 Å². The molecule has 2 aliphatic rings. The van der Waals surface area contributed by atoms with Gasteiger partial charge in [-0.1, -0.05) is 61.7 Å². The molecule has 2 aromatic carbocycles. The van der Waals surface area contributed by atoms with Gasteiger partial charge in [-0.25, -0.2) is 9.69 Å². The fourth-order valence-electron chi connectivity index (χ4n) is 5.04. The van der Waals surface area contributed by atoms with E-state index in [0.717, 1.165) is 40.5 Å². The molecule has 29 heavy (non-hydrogen) atoms. The van der Waals surface area contributed by atoms with Crippen LogP contribution in [0.25, 0.3) is 10.8 Å². The summed E-state index contributed by atoms with van der Waals surface area (Å²) in [6, 6.07) is 13.1. The lowest BCUT2D eigenvalue weighted by Crippen LogP contribution is -2.53. The Morgan fingerprint density at radius 1 is 1.07 bits per heavy atom. The third-order valence-corrected chi connectivity index (χ3v) is 6.48. The van der Waals surface area contributed by atoms with Crippen LogP contribution in [0.5, 0.6) is 0 Å². The highest BCUT2D eigenvalue weighted by molar-refractivity contribution is 5.99. The van der Waals surface area contributed by atoms with Gasteiger partial charge in [-0.15, -0.1) is 0 Å². The van der Waals surface area contributed by atoms with E-state index < -0.39 is 29.6 Å². The van der Waals surface area contributed by atoms with Gasteiger partial charge in [0.15, 0.2) is 0 Å². The van der Waals surface area contributed by atoms with Gasteiger partial charge in [-0.05, 0) is 42.1 Å². The highest BCUT2D eigenvalue weighted by atomic mass is 16.4. The Bertz CT molecular complexity index is 895. The van der Waals surface area contributed by atoms with Crippen molar-refractivity contribution in [1.29, 1.82) is 0 Å². The van der Waals surface area contributed by atoms with Gasteiger partial charge in [0.25, 0.3) is 0 Å². The normalized spacial score (nSPS) is 22.3. The van der Waals surface area contributed by atoms with E-state index in [-0.39, 0.29) is 0 Å². The number of imide groups is 1. The molecule has 1 unspecified atom stereocenters. The largest absolute Gasteiger partial charge is 0.465 e. The van der Waals surface area contributed by atoms with E-state index in [0.29, 0.717) is 32.4 Å². The molecule has 0 spiro atoms. The van der Waals surface area contributed by atoms with Crippen molar-refractivity contribution in [2.24, 2.45) is 0 Å². The molecule has 0 bridgehead atoms. The first-order chi connectivity index (χ1) is 14.0. The molecule has 0 radical (unpaired) electrons. The second-order valence-corrected chi connectivity index (χ2v) is 8.30. The van der Waals surface area contributed by atoms with Crippen LogP contribution in [0.4, 0.5) is 4.79 Å². The molecule has 1 heterocycles. The minimum Gasteiger partial charge on any atom is -0.465 e. The standard InChI is InChI=1S/C23H28N2O4/c26-21(25(22(27)28)17-11-14-24-15-17)20(23(29)12-4-1-5-13-23)19-10-6-8-16-7-2-3-9-18(16)19/h2-3,6-10,17,20,24,29H,1,4-5,11-15H2,(H,27,28)/t17-,20?/m0/s1. The molecule has 1 aliphatic heterocycles. The Labute approximate surface area is 170 Å². The summed E-state index contributed by atoms with van der Waals surface area (Å²) in [5.74, 6) is -1.41. The van der Waals surface area contributed by atoms with E-state index in [9.17, 15) is 19.8 Å². The second-order valence-electron chi connectivity index (χ2n) is 8.30. The molecule has 2 amide bonds. The highest BCUT2D eigenvalue weighted by Crippen LogP contribution is 2.43. The molecule has 2 aromatic rings. The SMILES string of the molecule is O=C(O)N(C(=O)C(c1cccc2ccccc12)C1(O)CCCCC1)[C@H]1CCNC1. The number of hydrogen-bond acceptors (Lipinski definition) is 4. The molecule has 4 rings (SSSR count). The minimum absolute atomic E-state index is 0.398. The summed E-state index contributed by atoms with van der Waals surface area (Å²) in [6.07, 6.45) is 3.05. The number of carbonyl (C=O) groups excluding carboxylic acids is 1. The van der Waals surface area contributed by atoms with Crippen LogP contribution in [0.15, 0.2) is 42.5 Å². The van der Waals surface area contributed by atoms with Crippen LogP contribution in [-0.2, 0) is 4.79 Å². The summed E-state index contributed by atoms with van der Waals surface area (Å²) in [5, 5.41) is 26.5. The average molecular weight is 396 g/mol. The van der Waals surface area contributed by atoms with Crippen molar-refractivity contribution >= 4 is 22.8 Å². The van der Waals surface area contributed by atoms with Crippen molar-refractivity contribution in [3.05, 3.63) is 48.0 Å². The topological polar surface area (TPSA) is 89.9 Å². The number of aliphatic hydroxyl groups is 1. The number of rotatable bonds is 4. The molecule has 1 saturated carbocycles. The monoisotopic (exact) mass is 396 g/mol. The molecular formula is C23H28N2O4. The molecule has 0 aromatic heterocycles. The van der Waals surface area contributed by atoms with Gasteiger partial charge in [0.1, 0.15) is 0 Å². The first-order valence-electron chi connectivity index (χ1n) is 10.5. The fraction of sp³-hybridized carbons (Fsp3) is 0.478. The third-order valence-electron chi connectivity index (χ3n) is 6.48. The lowest BCUT2D eigenvalue weighted by Gasteiger charge is -2.41. The number of hydrogen-bond donors (Lipinski definition) is 3. The van der Waals surface area contributed by atoms with Crippen LogP contribution in [0.1, 0.15) is 50.0 Å². The fourth-order valence-corrected chi connectivity index (χ4v) is 5.04. The zero-order valence-electron chi connectivity index (χ0n) is 16.5. The smallest absolute Gasteiger partial charge is 0.414 e. The zero-order chi connectivity index (χ0) is 20.4. The maximum Gasteiger partial charge on any atom is 0.414 e. The van der Waals surface area contributed by atoms with Crippen LogP contribution in [0, 0.1) is 0 Å². The Balaban J connectivity index is 1.84. The van der Waals surface area contributed by atoms with Crippen molar-refractivity contribution in [2.75, 3.05) is 13.1 Å². The first-order valence-corrected chi connectivity index (χ1v) is 10.5. The lowest BCUT2D eigenvalue weighted by atomic mass is 9.71. The Kier molecular flexibility index (Phi) is 5.56. The molecule has 1 saturated heterocycles. The molecule has 2 fully saturated rings. The van der Waals surface area contributed by atoms with Gasteiger partial charge < -0.3 is 15.5 Å². The summed E-state index contributed by atoms with van der Waals surface area (Å²) in [5.41, 5.74) is -0.520. The number of carboxylic acid groups (broad SMARTS) is 1. The molecular weight excluding hydrogens is 368 g/mol. The van der Waals surface area contributed by atoms with E-state index in [1.54, 1.807) is 0 Å². The van der Waals surface area contributed by atoms with Crippen molar-refractivity contribution < 1.29 is 19.8 Å². The highest BCUT2D eigenvalue weighted by Gasteiger charge is 2.48. The first kappa shape index (κ1) is 19.9. The predicted molar refractivity (Wildman–Crippen MR) is 111 cm³/mol. The Morgan fingerprint density at radius 3 is 2.48 bits per heavy atom. The number of fused-ring (bicyclic) bond motifs is 1. The number of carbonyl (C=O) groups is 2. The quantitative estimate of drug-likeness (QED) is 0.736. The van der Waals surface area contributed by atoms with Crippen LogP contribution in [0.3, 0.4) is 0 Å². The Hall–Kier alpha value is -2.44. The van der Waals surface area contributed by atoms with E-state index in [4.69, 9.17) is 0 Å². The maximum atomic E-state index is 13.8. The molecule has 154 valence electrons. The number of nitrogens with zero attached hydrogens (tertiary/aromatic N) is 1. The van der Waals surface area contributed by atoms with Crippen molar-refractivity contribution in [3.8, 4) is 0 Å². The average Bonchev–Trinajstić information content (AvgIpc) is 3.23. The number of benzene rings is 2. The van der Waals surface area contributed by atoms with Crippen molar-refractivity contribution in [2.45, 2.75) is 56.1 Å². The van der Waals surface area contributed by atoms with E-state index >= 15 is 0 Å². The zero-order valence-corrected chi connectivity index (χ0v) is 16.5. The molecule has 6 heteroatoms. The molecule has 3 N–H and O–H groups in total. The summed E-state index contributed by atoms with van der Waals surface area (Å²) < 4.78 is 0. The van der Waals surface area contributed by atoms with Crippen LogP contribution in [0.2, 0.25) is 0 Å². The van der Waals surface area contributed by atoms with Crippen LogP contribution >= 0.6 is 0 Å². The van der Waals surface area contributed by atoms with Gasteiger partial charge in [-0.3, -0.25) is 4.79 Å². The van der Waals surface area contributed by atoms with E-state index in [1.165, 1.54) is 0 Å². The van der Waals surface area contributed by atoms with Gasteiger partial charge >= 0.3 is 6.09 Å². The van der Waals surface area contributed by atoms with Crippen LogP contribution in [-0.4, -0.2) is 51.8 Å².